The van der Waals surface area contributed by atoms with Gasteiger partial charge in [0.05, 0.1) is 6.42 Å². The van der Waals surface area contributed by atoms with Crippen molar-refractivity contribution in [2.45, 2.75) is 18.9 Å². The molecule has 0 rings (SSSR count). The number of rotatable bonds is 7. The summed E-state index contributed by atoms with van der Waals surface area (Å²) in [5, 5.41) is 21.4. The Kier molecular flexibility index (Phi) is 6.94. The van der Waals surface area contributed by atoms with Crippen molar-refractivity contribution in [2.24, 2.45) is 0 Å². The van der Waals surface area contributed by atoms with Crippen LogP contribution in [0.25, 0.3) is 0 Å². The summed E-state index contributed by atoms with van der Waals surface area (Å²) >= 11 is 0. The van der Waals surface area contributed by atoms with Crippen molar-refractivity contribution in [3.63, 3.8) is 0 Å². The van der Waals surface area contributed by atoms with Gasteiger partial charge in [0.25, 0.3) is 0 Å². The Balaban J connectivity index is 4.10. The van der Waals surface area contributed by atoms with Crippen LogP contribution in [0.1, 0.15) is 12.8 Å². The number of carboxylic acid groups (broad SMARTS) is 2. The van der Waals surface area contributed by atoms with Crippen molar-refractivity contribution in [2.75, 3.05) is 20.6 Å². The summed E-state index contributed by atoms with van der Waals surface area (Å²) < 4.78 is 0. The number of nitrogens with zero attached hydrogens (tertiary/aromatic N) is 1. The van der Waals surface area contributed by atoms with Crippen molar-refractivity contribution < 1.29 is 29.4 Å². The summed E-state index contributed by atoms with van der Waals surface area (Å²) in [4.78, 5) is 44.9. The molecular formula is C10H17N3O6. The number of aliphatic carboxylic acids is 2. The summed E-state index contributed by atoms with van der Waals surface area (Å²) in [6.45, 7) is 0.0300. The van der Waals surface area contributed by atoms with Gasteiger partial charge in [-0.25, -0.2) is 9.59 Å². The fourth-order valence-corrected chi connectivity index (χ4v) is 1.09. The van der Waals surface area contributed by atoms with E-state index in [4.69, 9.17) is 10.2 Å². The Morgan fingerprint density at radius 2 is 1.74 bits per heavy atom. The number of carbonyl (C=O) groups is 4. The highest BCUT2D eigenvalue weighted by molar-refractivity contribution is 5.86. The largest absolute Gasteiger partial charge is 0.481 e. The van der Waals surface area contributed by atoms with Crippen LogP contribution in [0.5, 0.6) is 0 Å². The topological polar surface area (TPSA) is 136 Å². The molecule has 9 nitrogen and oxygen atoms in total. The molecule has 0 aliphatic carbocycles. The first kappa shape index (κ1) is 16.7. The average molecular weight is 275 g/mol. The van der Waals surface area contributed by atoms with Crippen molar-refractivity contribution in [1.29, 1.82) is 0 Å². The van der Waals surface area contributed by atoms with Crippen LogP contribution >= 0.6 is 0 Å². The predicted octanol–water partition coefficient (Wildman–Crippen LogP) is -1.31. The number of hydrogen-bond acceptors (Lipinski definition) is 4. The monoisotopic (exact) mass is 275 g/mol. The molecule has 0 fully saturated rings. The normalized spacial score (nSPS) is 11.3. The van der Waals surface area contributed by atoms with Crippen molar-refractivity contribution in [3.8, 4) is 0 Å². The van der Waals surface area contributed by atoms with E-state index in [2.05, 4.69) is 5.32 Å². The van der Waals surface area contributed by atoms with Crippen molar-refractivity contribution in [1.82, 2.24) is 15.5 Å². The number of urea groups is 1. The molecule has 19 heavy (non-hydrogen) atoms. The lowest BCUT2D eigenvalue weighted by atomic mass is 10.2. The first-order valence-electron chi connectivity index (χ1n) is 5.43. The molecule has 108 valence electrons. The smallest absolute Gasteiger partial charge is 0.326 e. The summed E-state index contributed by atoms with van der Waals surface area (Å²) in [5.74, 6) is -2.97. The minimum Gasteiger partial charge on any atom is -0.481 e. The van der Waals surface area contributed by atoms with Crippen LogP contribution < -0.4 is 10.6 Å². The molecule has 4 N–H and O–H groups in total. The Morgan fingerprint density at radius 3 is 2.16 bits per heavy atom. The third-order valence-electron chi connectivity index (χ3n) is 2.11. The fraction of sp³-hybridized carbons (Fsp3) is 0.600. The molecule has 0 saturated heterocycles. The second-order valence-corrected chi connectivity index (χ2v) is 3.93. The SMILES string of the molecule is CN(C)C(=O)CCNC(=O)NC(CC(=O)O)C(=O)O. The molecular weight excluding hydrogens is 258 g/mol. The molecule has 0 heterocycles. The predicted molar refractivity (Wildman–Crippen MR) is 63.5 cm³/mol. The van der Waals surface area contributed by atoms with Crippen LogP contribution in [-0.2, 0) is 14.4 Å². The third-order valence-corrected chi connectivity index (χ3v) is 2.11. The van der Waals surface area contributed by atoms with Gasteiger partial charge in [-0.15, -0.1) is 0 Å². The van der Waals surface area contributed by atoms with Crippen LogP contribution in [-0.4, -0.2) is 65.7 Å². The fourth-order valence-electron chi connectivity index (χ4n) is 1.09. The van der Waals surface area contributed by atoms with E-state index in [1.54, 1.807) is 14.1 Å². The zero-order chi connectivity index (χ0) is 15.0. The van der Waals surface area contributed by atoms with Crippen LogP contribution in [0.15, 0.2) is 0 Å². The van der Waals surface area contributed by atoms with Gasteiger partial charge in [0.15, 0.2) is 0 Å². The Hall–Kier alpha value is -2.32. The van der Waals surface area contributed by atoms with Gasteiger partial charge in [-0.3, -0.25) is 9.59 Å². The lowest BCUT2D eigenvalue weighted by molar-refractivity contribution is -0.145. The molecule has 0 radical (unpaired) electrons. The highest BCUT2D eigenvalue weighted by Crippen LogP contribution is 1.93. The molecule has 0 bridgehead atoms. The van der Waals surface area contributed by atoms with Crippen LogP contribution in [0.2, 0.25) is 0 Å². The molecule has 0 aromatic carbocycles. The van der Waals surface area contributed by atoms with E-state index in [9.17, 15) is 19.2 Å². The van der Waals surface area contributed by atoms with Gasteiger partial charge in [0.2, 0.25) is 5.91 Å². The molecule has 1 unspecified atom stereocenters. The standard InChI is InChI=1S/C10H17N3O6/c1-13(2)7(14)3-4-11-10(19)12-6(9(17)18)5-8(15)16/h6H,3-5H2,1-2H3,(H,15,16)(H,17,18)(H2,11,12,19). The van der Waals surface area contributed by atoms with E-state index in [1.807, 2.05) is 5.32 Å². The molecule has 1 atom stereocenters. The zero-order valence-corrected chi connectivity index (χ0v) is 10.7. The molecule has 0 aromatic heterocycles. The van der Waals surface area contributed by atoms with E-state index < -0.39 is 30.4 Å². The summed E-state index contributed by atoms with van der Waals surface area (Å²) in [5.41, 5.74) is 0. The molecule has 0 aromatic rings. The summed E-state index contributed by atoms with van der Waals surface area (Å²) in [7, 11) is 3.13. The zero-order valence-electron chi connectivity index (χ0n) is 10.7. The lowest BCUT2D eigenvalue weighted by Crippen LogP contribution is -2.47. The van der Waals surface area contributed by atoms with Crippen molar-refractivity contribution >= 4 is 23.9 Å². The summed E-state index contributed by atoms with van der Waals surface area (Å²) in [6, 6.07) is -2.35. The number of nitrogens with one attached hydrogen (secondary N) is 2. The highest BCUT2D eigenvalue weighted by Gasteiger charge is 2.22. The Labute approximate surface area is 109 Å². The molecule has 0 saturated carbocycles. The van der Waals surface area contributed by atoms with Gasteiger partial charge in [-0.1, -0.05) is 0 Å². The Morgan fingerprint density at radius 1 is 1.16 bits per heavy atom. The second-order valence-electron chi connectivity index (χ2n) is 3.93. The van der Waals surface area contributed by atoms with E-state index in [1.165, 1.54) is 4.90 Å². The number of amides is 3. The van der Waals surface area contributed by atoms with Gasteiger partial charge in [-0.2, -0.15) is 0 Å². The van der Waals surface area contributed by atoms with Gasteiger partial charge in [-0.05, 0) is 0 Å². The second kappa shape index (κ2) is 7.90. The Bertz CT molecular complexity index is 368. The molecule has 3 amide bonds. The minimum absolute atomic E-state index is 0.0300. The van der Waals surface area contributed by atoms with Gasteiger partial charge < -0.3 is 25.7 Å². The van der Waals surface area contributed by atoms with Gasteiger partial charge in [0, 0.05) is 27.1 Å². The first-order chi connectivity index (χ1) is 8.73. The number of carboxylic acids is 2. The maximum absolute atomic E-state index is 11.3. The third kappa shape index (κ3) is 7.58. The van der Waals surface area contributed by atoms with E-state index in [0.29, 0.717) is 0 Å². The summed E-state index contributed by atoms with van der Waals surface area (Å²) in [6.07, 6.45) is -0.656. The lowest BCUT2D eigenvalue weighted by Gasteiger charge is -2.14. The van der Waals surface area contributed by atoms with E-state index >= 15 is 0 Å². The van der Waals surface area contributed by atoms with Gasteiger partial charge >= 0.3 is 18.0 Å². The number of hydrogen-bond donors (Lipinski definition) is 4. The number of carbonyl (C=O) groups excluding carboxylic acids is 2. The first-order valence-corrected chi connectivity index (χ1v) is 5.43. The van der Waals surface area contributed by atoms with E-state index in [0.717, 1.165) is 0 Å². The molecule has 0 aliphatic heterocycles. The van der Waals surface area contributed by atoms with E-state index in [-0.39, 0.29) is 18.9 Å². The molecule has 9 heteroatoms. The van der Waals surface area contributed by atoms with Gasteiger partial charge in [0.1, 0.15) is 6.04 Å². The minimum atomic E-state index is -1.51. The molecule has 0 spiro atoms. The van der Waals surface area contributed by atoms with Crippen LogP contribution in [0.4, 0.5) is 4.79 Å². The highest BCUT2D eigenvalue weighted by atomic mass is 16.4. The average Bonchev–Trinajstić information content (AvgIpc) is 2.26. The van der Waals surface area contributed by atoms with Crippen LogP contribution in [0.3, 0.4) is 0 Å². The molecule has 0 aliphatic rings. The van der Waals surface area contributed by atoms with Crippen LogP contribution in [0, 0.1) is 0 Å². The quantitative estimate of drug-likeness (QED) is 0.455. The maximum atomic E-state index is 11.3. The maximum Gasteiger partial charge on any atom is 0.326 e. The van der Waals surface area contributed by atoms with Crippen molar-refractivity contribution in [3.05, 3.63) is 0 Å².